The molecule has 0 unspecified atom stereocenters. The van der Waals surface area contributed by atoms with Gasteiger partial charge in [-0.05, 0) is 93.7 Å². The summed E-state index contributed by atoms with van der Waals surface area (Å²) in [4.78, 5) is 0. The maximum absolute atomic E-state index is 11.4. The molecule has 6 heteroatoms. The van der Waals surface area contributed by atoms with Crippen molar-refractivity contribution in [3.8, 4) is 17.2 Å². The molecule has 0 spiro atoms. The Morgan fingerprint density at radius 3 is 1.97 bits per heavy atom. The molecule has 0 atom stereocenters. The quantitative estimate of drug-likeness (QED) is 0.222. The van der Waals surface area contributed by atoms with Crippen LogP contribution < -0.4 is 13.7 Å². The van der Waals surface area contributed by atoms with Crippen molar-refractivity contribution in [1.29, 1.82) is 0 Å². The summed E-state index contributed by atoms with van der Waals surface area (Å²) < 4.78 is 38.7. The van der Waals surface area contributed by atoms with Gasteiger partial charge in [0.25, 0.3) is 0 Å². The molecule has 0 radical (unpaired) electrons. The monoisotopic (exact) mass is 460 g/mol. The number of allylic oxidation sites excluding steroid dienone is 2. The van der Waals surface area contributed by atoms with E-state index >= 15 is 0 Å². The molecule has 0 aliphatic carbocycles. The third kappa shape index (κ3) is 8.58. The molecule has 0 amide bonds. The molecule has 0 saturated carbocycles. The molecule has 0 aliphatic rings. The van der Waals surface area contributed by atoms with E-state index in [2.05, 4.69) is 25.1 Å². The Morgan fingerprint density at radius 2 is 1.44 bits per heavy atom. The first kappa shape index (κ1) is 25.8. The summed E-state index contributed by atoms with van der Waals surface area (Å²) in [6, 6.07) is 10.1. The standard InChI is InChI=1S/C26H36O5S/c1-19(11-9-13-23-16-24(29-4)18-25(17-23)30-5)10-7-8-12-22-14-20(2)26(21(3)15-22)31-32(6,27)28/h11,14-18H,7-10,12-13H2,1-6H3/b19-11+. The van der Waals surface area contributed by atoms with Crippen LogP contribution in [0.4, 0.5) is 0 Å². The summed E-state index contributed by atoms with van der Waals surface area (Å²) >= 11 is 0. The van der Waals surface area contributed by atoms with E-state index in [0.29, 0.717) is 5.75 Å². The molecule has 0 heterocycles. The summed E-state index contributed by atoms with van der Waals surface area (Å²) in [7, 11) is -0.178. The maximum atomic E-state index is 11.4. The zero-order valence-corrected chi connectivity index (χ0v) is 21.0. The second-order valence-electron chi connectivity index (χ2n) is 8.36. The number of hydrogen-bond acceptors (Lipinski definition) is 5. The molecule has 0 fully saturated rings. The second-order valence-corrected chi connectivity index (χ2v) is 9.94. The van der Waals surface area contributed by atoms with Gasteiger partial charge in [0.2, 0.25) is 0 Å². The first-order valence-corrected chi connectivity index (χ1v) is 12.8. The average Bonchev–Trinajstić information content (AvgIpc) is 2.73. The van der Waals surface area contributed by atoms with Crippen molar-refractivity contribution in [1.82, 2.24) is 0 Å². The van der Waals surface area contributed by atoms with Gasteiger partial charge in [-0.2, -0.15) is 8.42 Å². The maximum Gasteiger partial charge on any atom is 0.306 e. The number of hydrogen-bond donors (Lipinski definition) is 0. The summed E-state index contributed by atoms with van der Waals surface area (Å²) in [5, 5.41) is 0. The Kier molecular flexibility index (Phi) is 9.63. The van der Waals surface area contributed by atoms with E-state index in [9.17, 15) is 8.42 Å². The molecular formula is C26H36O5S. The van der Waals surface area contributed by atoms with Crippen LogP contribution in [0.1, 0.15) is 54.9 Å². The van der Waals surface area contributed by atoms with Crippen molar-refractivity contribution in [3.63, 3.8) is 0 Å². The number of methoxy groups -OCH3 is 2. The van der Waals surface area contributed by atoms with Crippen LogP contribution in [-0.4, -0.2) is 28.9 Å². The Labute approximate surface area is 193 Å². The van der Waals surface area contributed by atoms with Crippen LogP contribution in [0, 0.1) is 13.8 Å². The van der Waals surface area contributed by atoms with E-state index in [1.165, 1.54) is 16.7 Å². The summed E-state index contributed by atoms with van der Waals surface area (Å²) in [5.74, 6) is 2.09. The number of rotatable bonds is 12. The lowest BCUT2D eigenvalue weighted by Gasteiger charge is -2.12. The van der Waals surface area contributed by atoms with E-state index in [4.69, 9.17) is 13.7 Å². The minimum absolute atomic E-state index is 0.448. The molecule has 0 aromatic heterocycles. The zero-order chi connectivity index (χ0) is 23.7. The molecule has 0 N–H and O–H groups in total. The van der Waals surface area contributed by atoms with Crippen molar-refractivity contribution in [3.05, 3.63) is 64.2 Å². The first-order chi connectivity index (χ1) is 15.1. The number of aryl methyl sites for hydroxylation is 4. The molecular weight excluding hydrogens is 424 g/mol. The van der Waals surface area contributed by atoms with Crippen molar-refractivity contribution >= 4 is 10.1 Å². The van der Waals surface area contributed by atoms with Gasteiger partial charge in [0, 0.05) is 6.07 Å². The smallest absolute Gasteiger partial charge is 0.306 e. The third-order valence-electron chi connectivity index (χ3n) is 5.38. The predicted molar refractivity (Wildman–Crippen MR) is 131 cm³/mol. The van der Waals surface area contributed by atoms with E-state index in [1.54, 1.807) is 14.2 Å². The van der Waals surface area contributed by atoms with Gasteiger partial charge in [-0.25, -0.2) is 0 Å². The van der Waals surface area contributed by atoms with Gasteiger partial charge in [0.05, 0.1) is 20.5 Å². The lowest BCUT2D eigenvalue weighted by Crippen LogP contribution is -2.08. The van der Waals surface area contributed by atoms with Crippen LogP contribution in [0.25, 0.3) is 0 Å². The van der Waals surface area contributed by atoms with Gasteiger partial charge >= 0.3 is 10.1 Å². The Morgan fingerprint density at radius 1 is 0.875 bits per heavy atom. The van der Waals surface area contributed by atoms with Crippen molar-refractivity contribution in [2.75, 3.05) is 20.5 Å². The molecule has 2 aromatic rings. The van der Waals surface area contributed by atoms with E-state index in [1.807, 2.05) is 32.0 Å². The van der Waals surface area contributed by atoms with Crippen molar-refractivity contribution < 1.29 is 22.1 Å². The first-order valence-electron chi connectivity index (χ1n) is 11.0. The van der Waals surface area contributed by atoms with Gasteiger partial charge < -0.3 is 13.7 Å². The van der Waals surface area contributed by atoms with Crippen LogP contribution in [0.3, 0.4) is 0 Å². The van der Waals surface area contributed by atoms with Crippen LogP contribution in [0.2, 0.25) is 0 Å². The summed E-state index contributed by atoms with van der Waals surface area (Å²) in [6.45, 7) is 5.97. The Bertz CT molecular complexity index is 993. The Hall–Kier alpha value is -2.47. The third-order valence-corrected chi connectivity index (χ3v) is 5.85. The lowest BCUT2D eigenvalue weighted by molar-refractivity contribution is 0.393. The van der Waals surface area contributed by atoms with Gasteiger partial charge in [-0.3, -0.25) is 0 Å². The van der Waals surface area contributed by atoms with Gasteiger partial charge in [-0.1, -0.05) is 23.8 Å². The topological polar surface area (TPSA) is 61.8 Å². The second kappa shape index (κ2) is 12.0. The summed E-state index contributed by atoms with van der Waals surface area (Å²) in [5.41, 5.74) is 5.55. The molecule has 5 nitrogen and oxygen atoms in total. The molecule has 32 heavy (non-hydrogen) atoms. The minimum atomic E-state index is -3.52. The number of benzene rings is 2. The van der Waals surface area contributed by atoms with Crippen LogP contribution in [0.15, 0.2) is 42.0 Å². The minimum Gasteiger partial charge on any atom is -0.497 e. The number of unbranched alkanes of at least 4 members (excludes halogenated alkanes) is 1. The highest BCUT2D eigenvalue weighted by atomic mass is 32.2. The van der Waals surface area contributed by atoms with E-state index < -0.39 is 10.1 Å². The van der Waals surface area contributed by atoms with Gasteiger partial charge in [0.1, 0.15) is 17.2 Å². The fourth-order valence-corrected chi connectivity index (χ4v) is 4.36. The highest BCUT2D eigenvalue weighted by molar-refractivity contribution is 7.86. The predicted octanol–water partition coefficient (Wildman–Crippen LogP) is 5.95. The molecule has 0 saturated heterocycles. The molecule has 2 aromatic carbocycles. The van der Waals surface area contributed by atoms with Crippen LogP contribution in [0.5, 0.6) is 17.2 Å². The lowest BCUT2D eigenvalue weighted by atomic mass is 9.99. The van der Waals surface area contributed by atoms with Crippen LogP contribution >= 0.6 is 0 Å². The molecule has 0 aliphatic heterocycles. The van der Waals surface area contributed by atoms with Crippen molar-refractivity contribution in [2.24, 2.45) is 0 Å². The molecule has 0 bridgehead atoms. The molecule has 176 valence electrons. The zero-order valence-electron chi connectivity index (χ0n) is 20.2. The highest BCUT2D eigenvalue weighted by Crippen LogP contribution is 2.27. The average molecular weight is 461 g/mol. The van der Waals surface area contributed by atoms with Gasteiger partial charge in [0.15, 0.2) is 0 Å². The van der Waals surface area contributed by atoms with Gasteiger partial charge in [-0.15, -0.1) is 0 Å². The highest BCUT2D eigenvalue weighted by Gasteiger charge is 2.12. The van der Waals surface area contributed by atoms with Crippen molar-refractivity contribution in [2.45, 2.75) is 59.3 Å². The largest absolute Gasteiger partial charge is 0.497 e. The molecule has 2 rings (SSSR count). The normalized spacial score (nSPS) is 12.0. The summed E-state index contributed by atoms with van der Waals surface area (Å²) in [6.07, 6.45) is 9.58. The Balaban J connectivity index is 1.81. The van der Waals surface area contributed by atoms with E-state index in [0.717, 1.165) is 67.4 Å². The SMILES string of the molecule is COc1cc(CC/C=C(\C)CCCCc2cc(C)c(OS(C)(=O)=O)c(C)c2)cc(OC)c1. The van der Waals surface area contributed by atoms with E-state index in [-0.39, 0.29) is 0 Å². The van der Waals surface area contributed by atoms with Crippen LogP contribution in [-0.2, 0) is 23.0 Å². The fourth-order valence-electron chi connectivity index (χ4n) is 3.80. The fraction of sp³-hybridized carbons (Fsp3) is 0.462. The number of ether oxygens (including phenoxy) is 2.